The number of carbonyl (C=O) groups is 2. The highest BCUT2D eigenvalue weighted by atomic mass is 32.2. The van der Waals surface area contributed by atoms with Crippen LogP contribution in [0.2, 0.25) is 0 Å². The van der Waals surface area contributed by atoms with Gasteiger partial charge in [-0.1, -0.05) is 30.0 Å². The molecule has 1 aromatic carbocycles. The summed E-state index contributed by atoms with van der Waals surface area (Å²) in [4.78, 5) is 33.0. The summed E-state index contributed by atoms with van der Waals surface area (Å²) in [6, 6.07) is 8.98. The van der Waals surface area contributed by atoms with E-state index < -0.39 is 11.6 Å². The SMILES string of the molecule is CC1(C)C[C@H]2CSC(NC(=O)c3ccccc3)=N[C@@]2(c2nc(NC(=O)O)cs2)CO1. The third-order valence-corrected chi connectivity index (χ3v) is 7.23. The van der Waals surface area contributed by atoms with Crippen LogP contribution in [0.25, 0.3) is 0 Å². The van der Waals surface area contributed by atoms with Crippen molar-refractivity contribution in [2.24, 2.45) is 10.9 Å². The minimum atomic E-state index is -1.17. The van der Waals surface area contributed by atoms with Gasteiger partial charge in [0.1, 0.15) is 16.4 Å². The summed E-state index contributed by atoms with van der Waals surface area (Å²) in [5.74, 6) is 0.943. The van der Waals surface area contributed by atoms with Crippen molar-refractivity contribution in [1.29, 1.82) is 0 Å². The van der Waals surface area contributed by atoms with E-state index >= 15 is 0 Å². The van der Waals surface area contributed by atoms with Crippen LogP contribution in [0, 0.1) is 5.92 Å². The molecule has 8 nitrogen and oxygen atoms in total. The molecule has 3 N–H and O–H groups in total. The van der Waals surface area contributed by atoms with Gasteiger partial charge < -0.3 is 15.2 Å². The van der Waals surface area contributed by atoms with E-state index in [-0.39, 0.29) is 23.2 Å². The quantitative estimate of drug-likeness (QED) is 0.661. The topological polar surface area (TPSA) is 113 Å². The lowest BCUT2D eigenvalue weighted by atomic mass is 9.77. The van der Waals surface area contributed by atoms with Gasteiger partial charge in [-0.2, -0.15) is 0 Å². The van der Waals surface area contributed by atoms with E-state index in [9.17, 15) is 9.59 Å². The van der Waals surface area contributed by atoms with E-state index in [1.807, 2.05) is 18.2 Å². The fourth-order valence-electron chi connectivity index (χ4n) is 3.70. The average Bonchev–Trinajstić information content (AvgIpc) is 3.17. The normalized spacial score (nSPS) is 25.0. The number of nitrogens with zero attached hydrogens (tertiary/aromatic N) is 2. The van der Waals surface area contributed by atoms with Gasteiger partial charge in [0.2, 0.25) is 0 Å². The van der Waals surface area contributed by atoms with Crippen molar-refractivity contribution in [2.45, 2.75) is 31.4 Å². The number of anilines is 1. The first-order valence-corrected chi connectivity index (χ1v) is 11.3. The van der Waals surface area contributed by atoms with Crippen molar-refractivity contribution < 1.29 is 19.4 Å². The van der Waals surface area contributed by atoms with Crippen LogP contribution in [0.15, 0.2) is 40.7 Å². The van der Waals surface area contributed by atoms with Crippen LogP contribution in [0.5, 0.6) is 0 Å². The summed E-state index contributed by atoms with van der Waals surface area (Å²) in [6.07, 6.45) is -0.384. The summed E-state index contributed by atoms with van der Waals surface area (Å²) < 4.78 is 6.12. The number of rotatable bonds is 3. The molecule has 2 aliphatic heterocycles. The van der Waals surface area contributed by atoms with Crippen molar-refractivity contribution in [3.05, 3.63) is 46.3 Å². The van der Waals surface area contributed by atoms with Gasteiger partial charge in [0.25, 0.3) is 5.91 Å². The number of thiazole rings is 1. The molecule has 2 aliphatic rings. The Kier molecular flexibility index (Phi) is 5.56. The Morgan fingerprint density at radius 1 is 1.23 bits per heavy atom. The molecule has 4 rings (SSSR count). The molecule has 0 saturated carbocycles. The number of carboxylic acid groups (broad SMARTS) is 1. The standard InChI is InChI=1S/C20H22N4O4S2/c1-19(2)8-13-9-30-17(23-15(25)12-6-4-3-5-7-12)24-20(13,11-28-19)16-21-14(10-29-16)22-18(26)27/h3-7,10,13,22H,8-9,11H2,1-2H3,(H,26,27)(H,23,24,25)/t13-,20-/m0/s1. The van der Waals surface area contributed by atoms with Crippen LogP contribution in [0.3, 0.4) is 0 Å². The third-order valence-electron chi connectivity index (χ3n) is 5.18. The number of amidine groups is 1. The van der Waals surface area contributed by atoms with Crippen LogP contribution in [-0.2, 0) is 10.3 Å². The molecular formula is C20H22N4O4S2. The predicted molar refractivity (Wildman–Crippen MR) is 117 cm³/mol. The number of fused-ring (bicyclic) bond motifs is 1. The number of amides is 2. The Hall–Kier alpha value is -2.43. The molecule has 0 unspecified atom stereocenters. The molecule has 2 amide bonds. The Labute approximate surface area is 182 Å². The number of carbonyl (C=O) groups excluding carboxylic acids is 1. The van der Waals surface area contributed by atoms with Gasteiger partial charge in [0.15, 0.2) is 5.17 Å². The lowest BCUT2D eigenvalue weighted by Gasteiger charge is -2.48. The van der Waals surface area contributed by atoms with Crippen molar-refractivity contribution in [3.63, 3.8) is 0 Å². The molecule has 158 valence electrons. The van der Waals surface area contributed by atoms with Crippen LogP contribution in [-0.4, -0.2) is 45.2 Å². The van der Waals surface area contributed by atoms with Gasteiger partial charge in [-0.15, -0.1) is 11.3 Å². The molecule has 2 aromatic rings. The Balaban J connectivity index is 1.66. The second-order valence-electron chi connectivity index (χ2n) is 7.89. The number of hydrogen-bond acceptors (Lipinski definition) is 7. The zero-order valence-electron chi connectivity index (χ0n) is 16.5. The van der Waals surface area contributed by atoms with Gasteiger partial charge >= 0.3 is 6.09 Å². The zero-order chi connectivity index (χ0) is 21.4. The third kappa shape index (κ3) is 4.21. The first kappa shape index (κ1) is 20.8. The van der Waals surface area contributed by atoms with E-state index in [1.54, 1.807) is 17.5 Å². The summed E-state index contributed by atoms with van der Waals surface area (Å²) in [7, 11) is 0. The predicted octanol–water partition coefficient (Wildman–Crippen LogP) is 3.78. The molecule has 1 aromatic heterocycles. The van der Waals surface area contributed by atoms with Crippen LogP contribution < -0.4 is 10.6 Å². The molecule has 3 heterocycles. The van der Waals surface area contributed by atoms with Crippen molar-refractivity contribution >= 4 is 46.1 Å². The van der Waals surface area contributed by atoms with Crippen molar-refractivity contribution in [1.82, 2.24) is 10.3 Å². The van der Waals surface area contributed by atoms with E-state index in [1.165, 1.54) is 23.1 Å². The summed E-state index contributed by atoms with van der Waals surface area (Å²) >= 11 is 2.86. The number of benzene rings is 1. The number of thioether (sulfide) groups is 1. The second-order valence-corrected chi connectivity index (χ2v) is 9.76. The molecule has 0 aliphatic carbocycles. The monoisotopic (exact) mass is 446 g/mol. The van der Waals surface area contributed by atoms with E-state index in [2.05, 4.69) is 29.5 Å². The summed E-state index contributed by atoms with van der Waals surface area (Å²) in [6.45, 7) is 4.42. The van der Waals surface area contributed by atoms with E-state index in [4.69, 9.17) is 14.8 Å². The molecule has 30 heavy (non-hydrogen) atoms. The lowest BCUT2D eigenvalue weighted by molar-refractivity contribution is -0.109. The average molecular weight is 447 g/mol. The Bertz CT molecular complexity index is 992. The van der Waals surface area contributed by atoms with E-state index in [0.29, 0.717) is 22.3 Å². The molecule has 0 radical (unpaired) electrons. The maximum atomic E-state index is 12.6. The first-order valence-electron chi connectivity index (χ1n) is 9.46. The molecule has 2 atom stereocenters. The van der Waals surface area contributed by atoms with Crippen molar-refractivity contribution in [3.8, 4) is 0 Å². The fraction of sp³-hybridized carbons (Fsp3) is 0.400. The summed E-state index contributed by atoms with van der Waals surface area (Å²) in [5, 5.41) is 17.0. The highest BCUT2D eigenvalue weighted by Crippen LogP contribution is 2.49. The molecule has 10 heteroatoms. The maximum absolute atomic E-state index is 12.6. The number of aromatic nitrogens is 1. The number of hydrogen-bond donors (Lipinski definition) is 3. The summed E-state index contributed by atoms with van der Waals surface area (Å²) in [5.41, 5.74) is -0.488. The minimum absolute atomic E-state index is 0.146. The Morgan fingerprint density at radius 2 is 2.00 bits per heavy atom. The van der Waals surface area contributed by atoms with Gasteiger partial charge in [-0.05, 0) is 32.4 Å². The van der Waals surface area contributed by atoms with E-state index in [0.717, 1.165) is 12.2 Å². The van der Waals surface area contributed by atoms with Gasteiger partial charge in [0.05, 0.1) is 12.2 Å². The highest BCUT2D eigenvalue weighted by Gasteiger charge is 2.52. The van der Waals surface area contributed by atoms with Crippen LogP contribution in [0.4, 0.5) is 10.6 Å². The van der Waals surface area contributed by atoms with Crippen molar-refractivity contribution in [2.75, 3.05) is 17.7 Å². The Morgan fingerprint density at radius 3 is 2.73 bits per heavy atom. The number of ether oxygens (including phenoxy) is 1. The van der Waals surface area contributed by atoms with Gasteiger partial charge in [-0.25, -0.2) is 14.8 Å². The smallest absolute Gasteiger partial charge is 0.410 e. The van der Waals surface area contributed by atoms with Gasteiger partial charge in [-0.3, -0.25) is 10.1 Å². The molecule has 1 saturated heterocycles. The van der Waals surface area contributed by atoms with Gasteiger partial charge in [0, 0.05) is 22.6 Å². The van der Waals surface area contributed by atoms with Crippen LogP contribution >= 0.6 is 23.1 Å². The number of aliphatic imine (C=N–C) groups is 1. The maximum Gasteiger partial charge on any atom is 0.410 e. The first-order chi connectivity index (χ1) is 14.3. The second kappa shape index (κ2) is 8.01. The number of nitrogens with one attached hydrogen (secondary N) is 2. The molecule has 0 bridgehead atoms. The molecular weight excluding hydrogens is 424 g/mol. The lowest BCUT2D eigenvalue weighted by Crippen LogP contribution is -2.53. The zero-order valence-corrected chi connectivity index (χ0v) is 18.2. The van der Waals surface area contributed by atoms with Crippen LogP contribution in [0.1, 0.15) is 35.6 Å². The fourth-order valence-corrected chi connectivity index (χ4v) is 5.81. The highest BCUT2D eigenvalue weighted by molar-refractivity contribution is 8.13. The largest absolute Gasteiger partial charge is 0.465 e. The molecule has 0 spiro atoms. The minimum Gasteiger partial charge on any atom is -0.465 e. The molecule has 1 fully saturated rings.